The molecular formula is C24H30N4O4. The molecule has 1 fully saturated rings. The third-order valence-corrected chi connectivity index (χ3v) is 5.68. The van der Waals surface area contributed by atoms with E-state index in [0.29, 0.717) is 6.54 Å². The van der Waals surface area contributed by atoms with Crippen LogP contribution in [0.4, 0.5) is 5.69 Å². The van der Waals surface area contributed by atoms with Crippen LogP contribution in [-0.4, -0.2) is 45.7 Å². The predicted molar refractivity (Wildman–Crippen MR) is 122 cm³/mol. The number of hydrogen-bond acceptors (Lipinski definition) is 6. The van der Waals surface area contributed by atoms with E-state index < -0.39 is 24.0 Å². The van der Waals surface area contributed by atoms with E-state index in [4.69, 9.17) is 5.84 Å². The number of carbonyl (C=O) groups excluding carboxylic acids is 2. The lowest BCUT2D eigenvalue weighted by Gasteiger charge is -2.28. The summed E-state index contributed by atoms with van der Waals surface area (Å²) in [5.41, 5.74) is 3.56. The number of amides is 2. The number of aliphatic hydroxyl groups is 2. The molecule has 170 valence electrons. The van der Waals surface area contributed by atoms with Crippen molar-refractivity contribution in [1.82, 2.24) is 10.2 Å². The van der Waals surface area contributed by atoms with Gasteiger partial charge in [0.15, 0.2) is 12.2 Å². The van der Waals surface area contributed by atoms with Crippen LogP contribution < -0.4 is 16.2 Å². The molecule has 0 bridgehead atoms. The van der Waals surface area contributed by atoms with Gasteiger partial charge in [-0.25, -0.2) is 5.84 Å². The molecular weight excluding hydrogens is 408 g/mol. The Bertz CT molecular complexity index is 963. The number of carbonyl (C=O) groups is 2. The number of likely N-dealkylation sites (tertiary alicyclic amines) is 1. The van der Waals surface area contributed by atoms with Gasteiger partial charge in [0.2, 0.25) is 0 Å². The van der Waals surface area contributed by atoms with Gasteiger partial charge in [-0.1, -0.05) is 48.5 Å². The summed E-state index contributed by atoms with van der Waals surface area (Å²) in [6, 6.07) is 14.7. The Kier molecular flexibility index (Phi) is 7.63. The largest absolute Gasteiger partial charge is 0.380 e. The van der Waals surface area contributed by atoms with Gasteiger partial charge in [0.1, 0.15) is 0 Å². The van der Waals surface area contributed by atoms with E-state index in [-0.39, 0.29) is 12.6 Å². The van der Waals surface area contributed by atoms with Gasteiger partial charge in [-0.2, -0.15) is 0 Å². The van der Waals surface area contributed by atoms with Gasteiger partial charge in [-0.15, -0.1) is 0 Å². The van der Waals surface area contributed by atoms with Crippen molar-refractivity contribution in [3.05, 3.63) is 78.0 Å². The molecule has 8 heteroatoms. The van der Waals surface area contributed by atoms with Gasteiger partial charge in [-0.05, 0) is 43.0 Å². The molecule has 0 radical (unpaired) electrons. The Labute approximate surface area is 187 Å². The summed E-state index contributed by atoms with van der Waals surface area (Å²) >= 11 is 0. The molecule has 2 amide bonds. The van der Waals surface area contributed by atoms with E-state index in [1.54, 1.807) is 29.2 Å². The number of anilines is 1. The van der Waals surface area contributed by atoms with E-state index in [9.17, 15) is 19.8 Å². The van der Waals surface area contributed by atoms with Crippen LogP contribution in [0.15, 0.2) is 61.3 Å². The summed E-state index contributed by atoms with van der Waals surface area (Å²) in [5, 5.41) is 24.6. The van der Waals surface area contributed by atoms with Crippen LogP contribution in [0.5, 0.6) is 0 Å². The molecule has 0 aliphatic carbocycles. The SMILES string of the molecule is C=CN(N)c1ccc(CNC(=O)[C@H](O)[C@@H](O)C(=O)N2CCCC2c2cccc(C)c2)cc1. The molecule has 1 unspecified atom stereocenters. The van der Waals surface area contributed by atoms with E-state index in [1.807, 2.05) is 31.2 Å². The van der Waals surface area contributed by atoms with Crippen LogP contribution in [0.3, 0.4) is 0 Å². The van der Waals surface area contributed by atoms with Gasteiger partial charge in [0.05, 0.1) is 11.7 Å². The molecule has 0 spiro atoms. The minimum Gasteiger partial charge on any atom is -0.380 e. The molecule has 3 atom stereocenters. The minimum absolute atomic E-state index is 0.130. The fourth-order valence-corrected chi connectivity index (χ4v) is 3.89. The highest BCUT2D eigenvalue weighted by molar-refractivity contribution is 5.91. The molecule has 1 saturated heterocycles. The van der Waals surface area contributed by atoms with Crippen molar-refractivity contribution in [2.24, 2.45) is 5.84 Å². The highest BCUT2D eigenvalue weighted by atomic mass is 16.3. The van der Waals surface area contributed by atoms with Crippen LogP contribution in [0.25, 0.3) is 0 Å². The molecule has 8 nitrogen and oxygen atoms in total. The smallest absolute Gasteiger partial charge is 0.255 e. The third kappa shape index (κ3) is 5.34. The summed E-state index contributed by atoms with van der Waals surface area (Å²) in [7, 11) is 0. The lowest BCUT2D eigenvalue weighted by atomic mass is 10.0. The van der Waals surface area contributed by atoms with E-state index >= 15 is 0 Å². The van der Waals surface area contributed by atoms with Crippen molar-refractivity contribution < 1.29 is 19.8 Å². The zero-order valence-corrected chi connectivity index (χ0v) is 18.1. The molecule has 0 aromatic heterocycles. The highest BCUT2D eigenvalue weighted by Crippen LogP contribution is 2.33. The Balaban J connectivity index is 1.59. The number of rotatable bonds is 8. The second-order valence-electron chi connectivity index (χ2n) is 7.97. The molecule has 5 N–H and O–H groups in total. The number of nitrogens with two attached hydrogens (primary N) is 1. The molecule has 2 aromatic carbocycles. The van der Waals surface area contributed by atoms with Crippen molar-refractivity contribution in [2.75, 3.05) is 11.6 Å². The first-order valence-electron chi connectivity index (χ1n) is 10.6. The van der Waals surface area contributed by atoms with Crippen LogP contribution in [0.1, 0.15) is 35.6 Å². The molecule has 3 rings (SSSR count). The fraction of sp³-hybridized carbons (Fsp3) is 0.333. The van der Waals surface area contributed by atoms with Gasteiger partial charge in [-0.3, -0.25) is 14.6 Å². The van der Waals surface area contributed by atoms with Crippen molar-refractivity contribution in [2.45, 2.75) is 44.6 Å². The highest BCUT2D eigenvalue weighted by Gasteiger charge is 2.38. The molecule has 1 aliphatic rings. The number of aryl methyl sites for hydroxylation is 1. The van der Waals surface area contributed by atoms with Crippen molar-refractivity contribution in [3.63, 3.8) is 0 Å². The zero-order valence-electron chi connectivity index (χ0n) is 18.1. The lowest BCUT2D eigenvalue weighted by molar-refractivity contribution is -0.153. The summed E-state index contributed by atoms with van der Waals surface area (Å²) < 4.78 is 0. The normalized spacial score (nSPS) is 17.5. The number of hydrazine groups is 1. The number of benzene rings is 2. The van der Waals surface area contributed by atoms with Gasteiger partial charge >= 0.3 is 0 Å². The van der Waals surface area contributed by atoms with Crippen LogP contribution in [-0.2, 0) is 16.1 Å². The van der Waals surface area contributed by atoms with Crippen molar-refractivity contribution in [3.8, 4) is 0 Å². The van der Waals surface area contributed by atoms with E-state index in [2.05, 4.69) is 11.9 Å². The Morgan fingerprint density at radius 3 is 2.62 bits per heavy atom. The Hall–Kier alpha value is -3.20. The average molecular weight is 439 g/mol. The zero-order chi connectivity index (χ0) is 23.3. The molecule has 32 heavy (non-hydrogen) atoms. The topological polar surface area (TPSA) is 119 Å². The Morgan fingerprint density at radius 1 is 1.25 bits per heavy atom. The maximum Gasteiger partial charge on any atom is 0.255 e. The molecule has 2 aromatic rings. The second-order valence-corrected chi connectivity index (χ2v) is 7.97. The first-order valence-corrected chi connectivity index (χ1v) is 10.6. The molecule has 1 heterocycles. The standard InChI is InChI=1S/C24H30N4O4/c1-3-28(25)19-11-9-17(10-12-19)15-26-23(31)21(29)22(30)24(32)27-13-5-8-20(27)18-7-4-6-16(2)14-18/h3-4,6-7,9-12,14,20-22,29-30H,1,5,8,13,15,25H2,2H3,(H,26,31)/t20?,21-,22-/m1/s1. The lowest BCUT2D eigenvalue weighted by Crippen LogP contribution is -2.50. The number of nitrogens with zero attached hydrogens (tertiary/aromatic N) is 2. The summed E-state index contributed by atoms with van der Waals surface area (Å²) in [5.74, 6) is 4.27. The predicted octanol–water partition coefficient (Wildman–Crippen LogP) is 1.52. The molecule has 1 aliphatic heterocycles. The number of nitrogens with one attached hydrogen (secondary N) is 1. The molecule has 0 saturated carbocycles. The van der Waals surface area contributed by atoms with Crippen LogP contribution in [0.2, 0.25) is 0 Å². The first kappa shape index (κ1) is 23.5. The van der Waals surface area contributed by atoms with Gasteiger partial charge < -0.3 is 20.4 Å². The maximum atomic E-state index is 12.9. The number of hydrogen-bond donors (Lipinski definition) is 4. The van der Waals surface area contributed by atoms with Crippen LogP contribution in [0, 0.1) is 6.92 Å². The average Bonchev–Trinajstić information content (AvgIpc) is 3.31. The summed E-state index contributed by atoms with van der Waals surface area (Å²) in [6.45, 7) is 6.16. The Morgan fingerprint density at radius 2 is 1.97 bits per heavy atom. The van der Waals surface area contributed by atoms with Gasteiger partial charge in [0.25, 0.3) is 11.8 Å². The van der Waals surface area contributed by atoms with Crippen molar-refractivity contribution >= 4 is 17.5 Å². The van der Waals surface area contributed by atoms with E-state index in [0.717, 1.165) is 35.2 Å². The monoisotopic (exact) mass is 438 g/mol. The number of aliphatic hydroxyl groups excluding tert-OH is 2. The fourth-order valence-electron chi connectivity index (χ4n) is 3.89. The quantitative estimate of drug-likeness (QED) is 0.367. The first-order chi connectivity index (χ1) is 15.3. The van der Waals surface area contributed by atoms with Crippen molar-refractivity contribution in [1.29, 1.82) is 0 Å². The third-order valence-electron chi connectivity index (χ3n) is 5.68. The summed E-state index contributed by atoms with van der Waals surface area (Å²) in [6.07, 6.45) is -0.662. The second kappa shape index (κ2) is 10.4. The maximum absolute atomic E-state index is 12.9. The van der Waals surface area contributed by atoms with E-state index in [1.165, 1.54) is 11.2 Å². The minimum atomic E-state index is -1.86. The summed E-state index contributed by atoms with van der Waals surface area (Å²) in [4.78, 5) is 26.8. The van der Waals surface area contributed by atoms with Gasteiger partial charge in [0, 0.05) is 19.3 Å². The van der Waals surface area contributed by atoms with Crippen LogP contribution >= 0.6 is 0 Å².